The standard InChI is InChI=1S/C27H22F4O6/c1-35-24(33)20-12-10-19(11-13-20)23(32)22(25(34)36-16-17-6-3-2-4-7-17)15-18-8-5-9-21(14-18)37-27(30,31)26(28)29/h2-14,22,26H,15-16H2,1H3. The summed E-state index contributed by atoms with van der Waals surface area (Å²) in [5, 5.41) is 0. The molecule has 0 amide bonds. The Labute approximate surface area is 209 Å². The Balaban J connectivity index is 1.85. The average molecular weight is 518 g/mol. The molecule has 0 saturated carbocycles. The highest BCUT2D eigenvalue weighted by Crippen LogP contribution is 2.29. The zero-order valence-corrected chi connectivity index (χ0v) is 19.5. The first-order chi connectivity index (χ1) is 17.6. The summed E-state index contributed by atoms with van der Waals surface area (Å²) in [6.45, 7) is -0.117. The number of benzene rings is 3. The molecule has 0 spiro atoms. The van der Waals surface area contributed by atoms with Gasteiger partial charge in [-0.15, -0.1) is 0 Å². The normalized spacial score (nSPS) is 12.1. The summed E-state index contributed by atoms with van der Waals surface area (Å²) >= 11 is 0. The minimum Gasteiger partial charge on any atom is -0.465 e. The maximum absolute atomic E-state index is 13.3. The summed E-state index contributed by atoms with van der Waals surface area (Å²) < 4.78 is 65.8. The number of methoxy groups -OCH3 is 1. The minimum absolute atomic E-state index is 0.0888. The molecule has 3 rings (SSSR count). The van der Waals surface area contributed by atoms with E-state index in [1.54, 1.807) is 30.3 Å². The summed E-state index contributed by atoms with van der Waals surface area (Å²) in [5.41, 5.74) is 1.15. The Morgan fingerprint density at radius 2 is 1.46 bits per heavy atom. The van der Waals surface area contributed by atoms with E-state index >= 15 is 0 Å². The van der Waals surface area contributed by atoms with Gasteiger partial charge in [0.1, 0.15) is 18.3 Å². The topological polar surface area (TPSA) is 78.9 Å². The van der Waals surface area contributed by atoms with E-state index in [4.69, 9.17) is 4.74 Å². The van der Waals surface area contributed by atoms with Gasteiger partial charge in [-0.25, -0.2) is 4.79 Å². The van der Waals surface area contributed by atoms with Gasteiger partial charge in [0.2, 0.25) is 0 Å². The summed E-state index contributed by atoms with van der Waals surface area (Å²) in [6, 6.07) is 18.9. The Kier molecular flexibility index (Phi) is 9.00. The van der Waals surface area contributed by atoms with Gasteiger partial charge in [-0.3, -0.25) is 9.59 Å². The number of hydrogen-bond acceptors (Lipinski definition) is 6. The first-order valence-electron chi connectivity index (χ1n) is 11.0. The number of esters is 2. The molecule has 3 aromatic rings. The van der Waals surface area contributed by atoms with Crippen molar-refractivity contribution >= 4 is 17.7 Å². The first kappa shape index (κ1) is 27.4. The number of carbonyl (C=O) groups excluding carboxylic acids is 3. The maximum atomic E-state index is 13.3. The zero-order chi connectivity index (χ0) is 27.0. The Morgan fingerprint density at radius 3 is 2.08 bits per heavy atom. The highest BCUT2D eigenvalue weighted by molar-refractivity contribution is 6.09. The maximum Gasteiger partial charge on any atom is 0.461 e. The summed E-state index contributed by atoms with van der Waals surface area (Å²) in [6.07, 6.45) is -9.06. The van der Waals surface area contributed by atoms with Gasteiger partial charge >= 0.3 is 24.5 Å². The van der Waals surface area contributed by atoms with E-state index < -0.39 is 41.9 Å². The molecule has 6 nitrogen and oxygen atoms in total. The lowest BCUT2D eigenvalue weighted by Gasteiger charge is -2.18. The van der Waals surface area contributed by atoms with Crippen LogP contribution in [0.4, 0.5) is 17.6 Å². The fraction of sp³-hybridized carbons (Fsp3) is 0.222. The average Bonchev–Trinajstić information content (AvgIpc) is 2.90. The van der Waals surface area contributed by atoms with Crippen LogP contribution in [0.25, 0.3) is 0 Å². The minimum atomic E-state index is -4.72. The molecule has 0 fully saturated rings. The van der Waals surface area contributed by atoms with Gasteiger partial charge < -0.3 is 14.2 Å². The van der Waals surface area contributed by atoms with Crippen molar-refractivity contribution in [1.82, 2.24) is 0 Å². The van der Waals surface area contributed by atoms with Crippen LogP contribution in [-0.2, 0) is 27.3 Å². The van der Waals surface area contributed by atoms with Crippen LogP contribution >= 0.6 is 0 Å². The van der Waals surface area contributed by atoms with Crippen LogP contribution in [0.1, 0.15) is 31.8 Å². The Hall–Kier alpha value is -4.21. The molecule has 3 aromatic carbocycles. The van der Waals surface area contributed by atoms with Gasteiger partial charge in [0.15, 0.2) is 5.78 Å². The predicted molar refractivity (Wildman–Crippen MR) is 124 cm³/mol. The molecule has 0 bridgehead atoms. The molecular weight excluding hydrogens is 496 g/mol. The summed E-state index contributed by atoms with van der Waals surface area (Å²) in [4.78, 5) is 38.0. The van der Waals surface area contributed by atoms with E-state index in [0.717, 1.165) is 12.1 Å². The summed E-state index contributed by atoms with van der Waals surface area (Å²) in [5.74, 6) is -4.11. The van der Waals surface area contributed by atoms with Gasteiger partial charge in [-0.2, -0.15) is 17.6 Å². The molecule has 194 valence electrons. The highest BCUT2D eigenvalue weighted by Gasteiger charge is 2.44. The van der Waals surface area contributed by atoms with Crippen LogP contribution in [0.15, 0.2) is 78.9 Å². The monoisotopic (exact) mass is 518 g/mol. The van der Waals surface area contributed by atoms with Crippen molar-refractivity contribution in [2.24, 2.45) is 5.92 Å². The molecule has 0 aliphatic heterocycles. The van der Waals surface area contributed by atoms with Crippen molar-refractivity contribution in [2.45, 2.75) is 25.6 Å². The molecule has 10 heteroatoms. The Morgan fingerprint density at radius 1 is 0.838 bits per heavy atom. The van der Waals surface area contributed by atoms with E-state index in [2.05, 4.69) is 9.47 Å². The summed E-state index contributed by atoms with van der Waals surface area (Å²) in [7, 11) is 1.20. The van der Waals surface area contributed by atoms with Crippen LogP contribution < -0.4 is 4.74 Å². The number of rotatable bonds is 11. The van der Waals surface area contributed by atoms with E-state index in [1.807, 2.05) is 0 Å². The predicted octanol–water partition coefficient (Wildman–Crippen LogP) is 5.49. The van der Waals surface area contributed by atoms with Gasteiger partial charge in [0, 0.05) is 5.56 Å². The van der Waals surface area contributed by atoms with Crippen molar-refractivity contribution in [3.8, 4) is 5.75 Å². The lowest BCUT2D eigenvalue weighted by Crippen LogP contribution is -2.33. The van der Waals surface area contributed by atoms with Gasteiger partial charge in [-0.05, 0) is 41.8 Å². The lowest BCUT2D eigenvalue weighted by atomic mass is 9.90. The second-order valence-electron chi connectivity index (χ2n) is 7.90. The molecule has 0 aromatic heterocycles. The molecular formula is C27H22F4O6. The van der Waals surface area contributed by atoms with Crippen molar-refractivity contribution in [1.29, 1.82) is 0 Å². The largest absolute Gasteiger partial charge is 0.465 e. The molecule has 0 heterocycles. The number of ketones is 1. The molecule has 0 radical (unpaired) electrons. The van der Waals surface area contributed by atoms with E-state index in [9.17, 15) is 31.9 Å². The molecule has 0 aliphatic rings. The Bertz CT molecular complexity index is 1230. The number of ether oxygens (including phenoxy) is 3. The molecule has 1 unspecified atom stereocenters. The highest BCUT2D eigenvalue weighted by atomic mass is 19.3. The molecule has 37 heavy (non-hydrogen) atoms. The van der Waals surface area contributed by atoms with Crippen LogP contribution in [0, 0.1) is 5.92 Å². The number of alkyl halides is 4. The van der Waals surface area contributed by atoms with Crippen LogP contribution in [0.5, 0.6) is 5.75 Å². The molecule has 0 aliphatic carbocycles. The van der Waals surface area contributed by atoms with Gasteiger partial charge in [-0.1, -0.05) is 54.6 Å². The SMILES string of the molecule is COC(=O)c1ccc(C(=O)C(Cc2cccc(OC(F)(F)C(F)F)c2)C(=O)OCc2ccccc2)cc1. The zero-order valence-electron chi connectivity index (χ0n) is 19.5. The van der Waals surface area contributed by atoms with E-state index in [-0.39, 0.29) is 29.7 Å². The number of Topliss-reactive ketones (excluding diaryl/α,β-unsaturated/α-hetero) is 1. The van der Waals surface area contributed by atoms with Crippen molar-refractivity contribution in [2.75, 3.05) is 7.11 Å². The molecule has 0 N–H and O–H groups in total. The van der Waals surface area contributed by atoms with Crippen LogP contribution in [0.2, 0.25) is 0 Å². The van der Waals surface area contributed by atoms with Gasteiger partial charge in [0.25, 0.3) is 0 Å². The number of halogens is 4. The smallest absolute Gasteiger partial charge is 0.461 e. The third-order valence-corrected chi connectivity index (χ3v) is 5.26. The fourth-order valence-corrected chi connectivity index (χ4v) is 3.38. The van der Waals surface area contributed by atoms with Gasteiger partial charge in [0.05, 0.1) is 12.7 Å². The first-order valence-corrected chi connectivity index (χ1v) is 11.0. The van der Waals surface area contributed by atoms with Crippen molar-refractivity contribution < 1.29 is 46.2 Å². The number of hydrogen-bond donors (Lipinski definition) is 0. The molecule has 1 atom stereocenters. The second kappa shape index (κ2) is 12.2. The second-order valence-corrected chi connectivity index (χ2v) is 7.90. The molecule has 0 saturated heterocycles. The van der Waals surface area contributed by atoms with Crippen molar-refractivity contribution in [3.63, 3.8) is 0 Å². The third kappa shape index (κ3) is 7.39. The fourth-order valence-electron chi connectivity index (χ4n) is 3.38. The number of carbonyl (C=O) groups is 3. The third-order valence-electron chi connectivity index (χ3n) is 5.26. The quantitative estimate of drug-likeness (QED) is 0.145. The van der Waals surface area contributed by atoms with E-state index in [1.165, 1.54) is 43.5 Å². The van der Waals surface area contributed by atoms with Crippen LogP contribution in [-0.4, -0.2) is 37.4 Å². The lowest BCUT2D eigenvalue weighted by molar-refractivity contribution is -0.253. The van der Waals surface area contributed by atoms with E-state index in [0.29, 0.717) is 5.56 Å². The van der Waals surface area contributed by atoms with Crippen molar-refractivity contribution in [3.05, 3.63) is 101 Å². The van der Waals surface area contributed by atoms with Crippen LogP contribution in [0.3, 0.4) is 0 Å².